The Kier molecular flexibility index (Phi) is 4.79. The van der Waals surface area contributed by atoms with Gasteiger partial charge in [0.2, 0.25) is 11.8 Å². The number of rotatable bonds is 2. The quantitative estimate of drug-likeness (QED) is 0.817. The van der Waals surface area contributed by atoms with E-state index in [0.717, 1.165) is 18.2 Å². The van der Waals surface area contributed by atoms with E-state index in [1.165, 1.54) is 0 Å². The first-order chi connectivity index (χ1) is 12.2. The third-order valence-electron chi connectivity index (χ3n) is 4.35. The number of anilines is 1. The lowest BCUT2D eigenvalue weighted by atomic mass is 9.81. The van der Waals surface area contributed by atoms with Crippen LogP contribution in [0.2, 0.25) is 5.02 Å². The van der Waals surface area contributed by atoms with E-state index in [4.69, 9.17) is 11.6 Å². The van der Waals surface area contributed by atoms with Gasteiger partial charge in [-0.05, 0) is 31.0 Å². The fourth-order valence-electron chi connectivity index (χ4n) is 3.15. The van der Waals surface area contributed by atoms with Crippen molar-refractivity contribution in [3.8, 4) is 0 Å². The molecule has 1 heterocycles. The highest BCUT2D eigenvalue weighted by molar-refractivity contribution is 6.33. The van der Waals surface area contributed by atoms with E-state index in [1.807, 2.05) is 0 Å². The molecule has 0 aromatic heterocycles. The molecule has 2 aliphatic rings. The molecular formula is C17H14ClF3N2O3. The first-order valence-electron chi connectivity index (χ1n) is 7.90. The topological polar surface area (TPSA) is 75.3 Å². The van der Waals surface area contributed by atoms with Gasteiger partial charge in [-0.3, -0.25) is 14.4 Å². The molecule has 1 aliphatic carbocycles. The summed E-state index contributed by atoms with van der Waals surface area (Å²) < 4.78 is 38.6. The normalized spacial score (nSPS) is 20.5. The largest absolute Gasteiger partial charge is 0.416 e. The lowest BCUT2D eigenvalue weighted by Crippen LogP contribution is -2.41. The summed E-state index contributed by atoms with van der Waals surface area (Å²) in [4.78, 5) is 36.6. The van der Waals surface area contributed by atoms with Gasteiger partial charge in [0.15, 0.2) is 5.78 Å². The number of nitrogens with one attached hydrogen (secondary N) is 2. The Balaban J connectivity index is 1.90. The van der Waals surface area contributed by atoms with E-state index in [9.17, 15) is 27.6 Å². The van der Waals surface area contributed by atoms with E-state index in [1.54, 1.807) is 0 Å². The number of carbonyl (C=O) groups is 3. The van der Waals surface area contributed by atoms with Crippen molar-refractivity contribution in [1.82, 2.24) is 5.32 Å². The summed E-state index contributed by atoms with van der Waals surface area (Å²) in [5.41, 5.74) is -0.528. The van der Waals surface area contributed by atoms with Gasteiger partial charge in [-0.1, -0.05) is 11.6 Å². The molecule has 1 aromatic rings. The van der Waals surface area contributed by atoms with Crippen LogP contribution in [0.4, 0.5) is 18.9 Å². The smallest absolute Gasteiger partial charge is 0.329 e. The van der Waals surface area contributed by atoms with Crippen LogP contribution in [0.1, 0.15) is 31.2 Å². The molecule has 0 unspecified atom stereocenters. The number of alkyl halides is 3. The molecule has 9 heteroatoms. The van der Waals surface area contributed by atoms with Gasteiger partial charge in [0.05, 0.1) is 22.2 Å². The van der Waals surface area contributed by atoms with Crippen LogP contribution < -0.4 is 10.6 Å². The number of Topliss-reactive ketones (excluding diaryl/α,β-unsaturated/α-hetero) is 1. The predicted molar refractivity (Wildman–Crippen MR) is 87.2 cm³/mol. The monoisotopic (exact) mass is 386 g/mol. The Labute approximate surface area is 151 Å². The Hall–Kier alpha value is -2.35. The zero-order chi connectivity index (χ0) is 19.1. The van der Waals surface area contributed by atoms with Crippen LogP contribution in [-0.2, 0) is 20.6 Å². The molecule has 1 aromatic carbocycles. The molecule has 26 heavy (non-hydrogen) atoms. The third kappa shape index (κ3) is 3.60. The molecule has 2 N–H and O–H groups in total. The van der Waals surface area contributed by atoms with Crippen molar-refractivity contribution in [3.05, 3.63) is 40.1 Å². The number of carbonyl (C=O) groups excluding carboxylic acids is 3. The molecule has 1 atom stereocenters. The molecule has 0 saturated heterocycles. The number of ketones is 1. The van der Waals surface area contributed by atoms with Crippen LogP contribution in [0.25, 0.3) is 0 Å². The second kappa shape index (κ2) is 6.75. The zero-order valence-electron chi connectivity index (χ0n) is 13.4. The minimum Gasteiger partial charge on any atom is -0.329 e. The van der Waals surface area contributed by atoms with Crippen molar-refractivity contribution < 1.29 is 27.6 Å². The van der Waals surface area contributed by atoms with E-state index in [-0.39, 0.29) is 34.9 Å². The summed E-state index contributed by atoms with van der Waals surface area (Å²) >= 11 is 5.88. The molecule has 138 valence electrons. The molecule has 0 radical (unpaired) electrons. The Morgan fingerprint density at radius 2 is 1.96 bits per heavy atom. The first kappa shape index (κ1) is 18.4. The van der Waals surface area contributed by atoms with Gasteiger partial charge in [0.1, 0.15) is 0 Å². The van der Waals surface area contributed by atoms with Gasteiger partial charge in [0, 0.05) is 24.1 Å². The van der Waals surface area contributed by atoms with Crippen molar-refractivity contribution >= 4 is 34.9 Å². The molecule has 0 fully saturated rings. The van der Waals surface area contributed by atoms with Crippen molar-refractivity contribution in [1.29, 1.82) is 0 Å². The van der Waals surface area contributed by atoms with E-state index in [2.05, 4.69) is 10.6 Å². The standard InChI is InChI=1S/C17H14ClF3N2O3/c18-10-5-4-8(17(19,20)21)6-12(10)23-16(26)9-7-14(25)22-11-2-1-3-13(24)15(9)11/h4-6,9H,1-3,7H2,(H,22,25)(H,23,26)/t9-/m1/s1. The molecule has 1 aliphatic heterocycles. The Bertz CT molecular complexity index is 833. The van der Waals surface area contributed by atoms with E-state index < -0.39 is 29.5 Å². The van der Waals surface area contributed by atoms with E-state index >= 15 is 0 Å². The molecule has 5 nitrogen and oxygen atoms in total. The maximum absolute atomic E-state index is 12.9. The lowest BCUT2D eigenvalue weighted by molar-refractivity contribution is -0.137. The second-order valence-electron chi connectivity index (χ2n) is 6.16. The molecule has 0 spiro atoms. The maximum atomic E-state index is 12.9. The number of amides is 2. The Morgan fingerprint density at radius 3 is 2.65 bits per heavy atom. The number of allylic oxidation sites excluding steroid dienone is 1. The molecule has 3 rings (SSSR count). The third-order valence-corrected chi connectivity index (χ3v) is 4.68. The summed E-state index contributed by atoms with van der Waals surface area (Å²) in [6.07, 6.45) is -3.52. The van der Waals surface area contributed by atoms with Crippen LogP contribution in [0.15, 0.2) is 29.5 Å². The highest BCUT2D eigenvalue weighted by Gasteiger charge is 2.38. The second-order valence-corrected chi connectivity index (χ2v) is 6.56. The first-order valence-corrected chi connectivity index (χ1v) is 8.28. The molecular weight excluding hydrogens is 373 g/mol. The number of hydrogen-bond donors (Lipinski definition) is 2. The van der Waals surface area contributed by atoms with Crippen LogP contribution in [0.3, 0.4) is 0 Å². The summed E-state index contributed by atoms with van der Waals surface area (Å²) in [7, 11) is 0. The fraction of sp³-hybridized carbons (Fsp3) is 0.353. The number of halogens is 4. The van der Waals surface area contributed by atoms with Crippen molar-refractivity contribution in [2.45, 2.75) is 31.9 Å². The molecule has 0 saturated carbocycles. The average Bonchev–Trinajstić information content (AvgIpc) is 2.55. The van der Waals surface area contributed by atoms with Crippen LogP contribution in [0, 0.1) is 5.92 Å². The van der Waals surface area contributed by atoms with E-state index in [0.29, 0.717) is 18.5 Å². The zero-order valence-corrected chi connectivity index (χ0v) is 14.1. The summed E-state index contributed by atoms with van der Waals surface area (Å²) in [6, 6.07) is 2.56. The van der Waals surface area contributed by atoms with Crippen molar-refractivity contribution in [2.24, 2.45) is 5.92 Å². The van der Waals surface area contributed by atoms with Crippen molar-refractivity contribution in [2.75, 3.05) is 5.32 Å². The van der Waals surface area contributed by atoms with Gasteiger partial charge in [-0.25, -0.2) is 0 Å². The van der Waals surface area contributed by atoms with Crippen LogP contribution in [0.5, 0.6) is 0 Å². The Morgan fingerprint density at radius 1 is 1.23 bits per heavy atom. The highest BCUT2D eigenvalue weighted by Crippen LogP contribution is 2.36. The number of hydrogen-bond acceptors (Lipinski definition) is 3. The van der Waals surface area contributed by atoms with Gasteiger partial charge < -0.3 is 10.6 Å². The summed E-state index contributed by atoms with van der Waals surface area (Å²) in [6.45, 7) is 0. The van der Waals surface area contributed by atoms with Gasteiger partial charge in [-0.15, -0.1) is 0 Å². The van der Waals surface area contributed by atoms with Crippen LogP contribution >= 0.6 is 11.6 Å². The maximum Gasteiger partial charge on any atom is 0.416 e. The van der Waals surface area contributed by atoms with Gasteiger partial charge >= 0.3 is 6.18 Å². The number of benzene rings is 1. The SMILES string of the molecule is O=C1C[C@@H](C(=O)Nc2cc(C(F)(F)F)ccc2Cl)C2=C(CCCC2=O)N1. The minimum absolute atomic E-state index is 0.0733. The average molecular weight is 387 g/mol. The predicted octanol–water partition coefficient (Wildman–Crippen LogP) is 3.44. The van der Waals surface area contributed by atoms with Gasteiger partial charge in [-0.2, -0.15) is 13.2 Å². The summed E-state index contributed by atoms with van der Waals surface area (Å²) in [5.74, 6) is -2.42. The fourth-order valence-corrected chi connectivity index (χ4v) is 3.31. The highest BCUT2D eigenvalue weighted by atomic mass is 35.5. The molecule has 0 bridgehead atoms. The minimum atomic E-state index is -4.59. The lowest BCUT2D eigenvalue weighted by Gasteiger charge is -2.30. The summed E-state index contributed by atoms with van der Waals surface area (Å²) in [5, 5.41) is 4.86. The van der Waals surface area contributed by atoms with Crippen molar-refractivity contribution in [3.63, 3.8) is 0 Å². The molecule has 2 amide bonds. The van der Waals surface area contributed by atoms with Gasteiger partial charge in [0.25, 0.3) is 0 Å². The van der Waals surface area contributed by atoms with Crippen LogP contribution in [-0.4, -0.2) is 17.6 Å².